The molecule has 2 heterocycles. The maximum atomic E-state index is 13.6. The van der Waals surface area contributed by atoms with Crippen molar-refractivity contribution in [2.24, 2.45) is 0 Å². The van der Waals surface area contributed by atoms with Crippen molar-refractivity contribution in [1.82, 2.24) is 15.1 Å². The van der Waals surface area contributed by atoms with Crippen molar-refractivity contribution < 1.29 is 23.8 Å². The second-order valence-electron chi connectivity index (χ2n) is 12.4. The third-order valence-electron chi connectivity index (χ3n) is 8.49. The molecule has 1 aliphatic carbocycles. The van der Waals surface area contributed by atoms with E-state index in [1.54, 1.807) is 12.0 Å². The van der Waals surface area contributed by atoms with E-state index in [1.165, 1.54) is 0 Å². The van der Waals surface area contributed by atoms with Crippen LogP contribution in [0.1, 0.15) is 69.9 Å². The molecule has 9 nitrogen and oxygen atoms in total. The molecule has 0 radical (unpaired) electrons. The molecule has 0 unspecified atom stereocenters. The number of aromatic nitrogens is 2. The summed E-state index contributed by atoms with van der Waals surface area (Å²) in [7, 11) is -0.162. The molecule has 1 aromatic carbocycles. The van der Waals surface area contributed by atoms with Crippen molar-refractivity contribution >= 4 is 25.9 Å². The first-order chi connectivity index (χ1) is 17.7. The van der Waals surface area contributed by atoms with E-state index in [9.17, 15) is 9.59 Å². The summed E-state index contributed by atoms with van der Waals surface area (Å²) in [6.07, 6.45) is 1.83. The first-order valence-electron chi connectivity index (χ1n) is 13.3. The number of carbonyl (C=O) groups excluding carboxylic acids is 2. The zero-order valence-electron chi connectivity index (χ0n) is 23.9. The Bertz CT molecular complexity index is 1170. The lowest BCUT2D eigenvalue weighted by molar-refractivity contribution is -0.210. The number of aromatic amines is 1. The van der Waals surface area contributed by atoms with Crippen LogP contribution in [0.3, 0.4) is 0 Å². The van der Waals surface area contributed by atoms with Crippen LogP contribution in [0.25, 0.3) is 0 Å². The number of carbonyl (C=O) groups is 2. The summed E-state index contributed by atoms with van der Waals surface area (Å²) in [5.74, 6) is -0.267. The quantitative estimate of drug-likeness (QED) is 0.300. The lowest BCUT2D eigenvalue weighted by atomic mass is 9.83. The van der Waals surface area contributed by atoms with Crippen LogP contribution in [0.2, 0.25) is 24.7 Å². The summed E-state index contributed by atoms with van der Waals surface area (Å²) >= 11 is 0. The molecule has 0 spiro atoms. The van der Waals surface area contributed by atoms with Gasteiger partial charge in [0.25, 0.3) is 0 Å². The summed E-state index contributed by atoms with van der Waals surface area (Å²) in [6, 6.07) is 9.53. The van der Waals surface area contributed by atoms with Crippen molar-refractivity contribution in [1.29, 1.82) is 0 Å². The second kappa shape index (κ2) is 10.1. The molecule has 1 atom stereocenters. The molecule has 0 saturated heterocycles. The lowest BCUT2D eigenvalue weighted by Crippen LogP contribution is -2.52. The van der Waals surface area contributed by atoms with E-state index in [4.69, 9.17) is 14.2 Å². The minimum Gasteiger partial charge on any atom is -0.439 e. The van der Waals surface area contributed by atoms with Gasteiger partial charge in [0.15, 0.2) is 17.7 Å². The Morgan fingerprint density at radius 2 is 1.84 bits per heavy atom. The minimum atomic E-state index is -1.74. The van der Waals surface area contributed by atoms with Gasteiger partial charge < -0.3 is 19.5 Å². The van der Waals surface area contributed by atoms with Gasteiger partial charge in [-0.15, -0.1) is 0 Å². The van der Waals surface area contributed by atoms with Crippen LogP contribution in [0, 0.1) is 0 Å². The number of nitrogens with one attached hydrogen (secondary N) is 2. The molecule has 0 bridgehead atoms. The summed E-state index contributed by atoms with van der Waals surface area (Å²) in [5, 5.41) is 10.4. The fourth-order valence-electron chi connectivity index (χ4n) is 5.37. The topological polar surface area (TPSA) is 106 Å². The fourth-order valence-corrected chi connectivity index (χ4v) is 7.97. The number of anilines is 1. The number of nitrogens with zero attached hydrogens (tertiary/aromatic N) is 2. The molecule has 1 aromatic heterocycles. The highest BCUT2D eigenvalue weighted by Gasteiger charge is 2.54. The number of methoxy groups -OCH3 is 1. The molecular formula is C28H42N4O5Si. The highest BCUT2D eigenvalue weighted by atomic mass is 28.3. The SMILES string of the molecule is COC(C)(C)OC[C@@H](OC(=O)N1Cc2c(NC(=O)C3([Si](C)(C)C)CCC3)n[nH]c2C1(C)C)c1ccccc1. The lowest BCUT2D eigenvalue weighted by Gasteiger charge is -2.48. The van der Waals surface area contributed by atoms with Crippen LogP contribution in [0.15, 0.2) is 30.3 Å². The smallest absolute Gasteiger partial charge is 0.411 e. The molecule has 10 heteroatoms. The molecule has 1 saturated carbocycles. The number of rotatable bonds is 9. The normalized spacial score (nSPS) is 18.9. The Balaban J connectivity index is 1.52. The van der Waals surface area contributed by atoms with Gasteiger partial charge in [0.1, 0.15) is 0 Å². The molecule has 2 aliphatic rings. The van der Waals surface area contributed by atoms with E-state index < -0.39 is 31.6 Å². The van der Waals surface area contributed by atoms with Crippen molar-refractivity contribution in [2.45, 2.75) is 95.6 Å². The third kappa shape index (κ3) is 5.13. The molecule has 208 valence electrons. The third-order valence-corrected chi connectivity index (χ3v) is 12.1. The van der Waals surface area contributed by atoms with Crippen LogP contribution in [0.5, 0.6) is 0 Å². The average Bonchev–Trinajstić information content (AvgIpc) is 3.33. The Morgan fingerprint density at radius 1 is 1.18 bits per heavy atom. The van der Waals surface area contributed by atoms with Crippen LogP contribution >= 0.6 is 0 Å². The van der Waals surface area contributed by atoms with E-state index in [0.29, 0.717) is 5.82 Å². The highest BCUT2D eigenvalue weighted by Crippen LogP contribution is 2.56. The molecule has 1 fully saturated rings. The average molecular weight is 543 g/mol. The largest absolute Gasteiger partial charge is 0.439 e. The number of fused-ring (bicyclic) bond motifs is 1. The van der Waals surface area contributed by atoms with Crippen LogP contribution in [-0.4, -0.2) is 54.7 Å². The summed E-state index contributed by atoms with van der Waals surface area (Å²) in [5.41, 5.74) is 1.74. The Hall–Kier alpha value is -2.69. The standard InChI is InChI=1S/C28H42N4O5Si/c1-26(2)22-20(23(31-30-22)29-24(33)28(15-12-16-28)38(6,7)8)17-32(26)25(34)37-21(18-36-27(3,4)35-5)19-13-10-9-11-14-19/h9-11,13-14,21H,12,15-18H2,1-8H3,(H2,29,30,31,33)/t21-/m1/s1. The number of hydrogen-bond acceptors (Lipinski definition) is 6. The molecule has 2 N–H and O–H groups in total. The van der Waals surface area contributed by atoms with Gasteiger partial charge in [-0.05, 0) is 46.1 Å². The van der Waals surface area contributed by atoms with Crippen molar-refractivity contribution in [3.63, 3.8) is 0 Å². The second-order valence-corrected chi connectivity index (χ2v) is 17.9. The number of amides is 2. The van der Waals surface area contributed by atoms with Gasteiger partial charge in [0, 0.05) is 17.7 Å². The number of H-pyrrole nitrogens is 1. The van der Waals surface area contributed by atoms with Gasteiger partial charge in [-0.25, -0.2) is 4.79 Å². The molecule has 1 aliphatic heterocycles. The van der Waals surface area contributed by atoms with E-state index in [1.807, 2.05) is 58.0 Å². The van der Waals surface area contributed by atoms with E-state index >= 15 is 0 Å². The molecule has 4 rings (SSSR count). The molecule has 38 heavy (non-hydrogen) atoms. The number of benzene rings is 1. The molecule has 2 amide bonds. The molecule has 2 aromatic rings. The van der Waals surface area contributed by atoms with E-state index in [2.05, 4.69) is 35.2 Å². The number of ether oxygens (including phenoxy) is 3. The van der Waals surface area contributed by atoms with Crippen LogP contribution in [0.4, 0.5) is 10.6 Å². The molecular weight excluding hydrogens is 500 g/mol. The summed E-state index contributed by atoms with van der Waals surface area (Å²) < 4.78 is 17.3. The summed E-state index contributed by atoms with van der Waals surface area (Å²) in [4.78, 5) is 28.7. The van der Waals surface area contributed by atoms with Crippen molar-refractivity contribution in [3.8, 4) is 0 Å². The van der Waals surface area contributed by atoms with Crippen molar-refractivity contribution in [3.05, 3.63) is 47.2 Å². The number of hydrogen-bond donors (Lipinski definition) is 2. The van der Waals surface area contributed by atoms with Gasteiger partial charge in [0.2, 0.25) is 5.91 Å². The monoisotopic (exact) mass is 542 g/mol. The van der Waals surface area contributed by atoms with Gasteiger partial charge in [-0.1, -0.05) is 56.4 Å². The zero-order valence-corrected chi connectivity index (χ0v) is 24.9. The van der Waals surface area contributed by atoms with Gasteiger partial charge >= 0.3 is 6.09 Å². The fraction of sp³-hybridized carbons (Fsp3) is 0.607. The Morgan fingerprint density at radius 3 is 2.39 bits per heavy atom. The summed E-state index contributed by atoms with van der Waals surface area (Å²) in [6.45, 7) is 14.7. The first kappa shape index (κ1) is 28.3. The first-order valence-corrected chi connectivity index (χ1v) is 16.8. The van der Waals surface area contributed by atoms with Gasteiger partial charge in [-0.3, -0.25) is 14.8 Å². The predicted molar refractivity (Wildman–Crippen MR) is 148 cm³/mol. The maximum absolute atomic E-state index is 13.6. The van der Waals surface area contributed by atoms with Gasteiger partial charge in [-0.2, -0.15) is 5.10 Å². The minimum absolute atomic E-state index is 0.0538. The highest BCUT2D eigenvalue weighted by molar-refractivity contribution is 6.83. The Kier molecular flexibility index (Phi) is 7.55. The predicted octanol–water partition coefficient (Wildman–Crippen LogP) is 5.94. The van der Waals surface area contributed by atoms with Crippen LogP contribution in [-0.2, 0) is 31.1 Å². The maximum Gasteiger partial charge on any atom is 0.411 e. The Labute approximate surface area is 226 Å². The van der Waals surface area contributed by atoms with Crippen LogP contribution < -0.4 is 5.32 Å². The van der Waals surface area contributed by atoms with E-state index in [0.717, 1.165) is 36.1 Å². The van der Waals surface area contributed by atoms with Gasteiger partial charge in [0.05, 0.1) is 32.5 Å². The van der Waals surface area contributed by atoms with Crippen molar-refractivity contribution in [2.75, 3.05) is 19.0 Å². The zero-order chi connectivity index (χ0) is 27.9. The van der Waals surface area contributed by atoms with E-state index in [-0.39, 0.29) is 24.1 Å².